The molecule has 1 heterocycles. The predicted molar refractivity (Wildman–Crippen MR) is 54.2 cm³/mol. The van der Waals surface area contributed by atoms with Crippen molar-refractivity contribution in [1.29, 1.82) is 0 Å². The van der Waals surface area contributed by atoms with Crippen LogP contribution in [0.25, 0.3) is 0 Å². The molecule has 1 aromatic heterocycles. The first kappa shape index (κ1) is 11.3. The Kier molecular flexibility index (Phi) is 3.91. The zero-order chi connectivity index (χ0) is 11.3. The Morgan fingerprint density at radius 2 is 2.13 bits per heavy atom. The molecule has 0 bridgehead atoms. The zero-order valence-corrected chi connectivity index (χ0v) is 8.73. The third-order valence-electron chi connectivity index (χ3n) is 1.86. The molecule has 5 nitrogen and oxygen atoms in total. The van der Waals surface area contributed by atoms with Crippen molar-refractivity contribution >= 4 is 11.7 Å². The van der Waals surface area contributed by atoms with Crippen molar-refractivity contribution in [3.8, 4) is 0 Å². The number of rotatable bonds is 4. The summed E-state index contributed by atoms with van der Waals surface area (Å²) in [6.07, 6.45) is 4.27. The zero-order valence-electron chi connectivity index (χ0n) is 8.73. The van der Waals surface area contributed by atoms with E-state index in [1.165, 1.54) is 18.6 Å². The molecule has 0 fully saturated rings. The minimum absolute atomic E-state index is 0.00718. The third-order valence-corrected chi connectivity index (χ3v) is 1.86. The summed E-state index contributed by atoms with van der Waals surface area (Å²) in [5.74, 6) is -0.462. The molecule has 0 aromatic carbocycles. The van der Waals surface area contributed by atoms with Gasteiger partial charge in [-0.2, -0.15) is 0 Å². The molecular weight excluding hydrogens is 194 g/mol. The normalized spacial score (nSPS) is 10.1. The Morgan fingerprint density at radius 1 is 1.40 bits per heavy atom. The molecule has 0 aliphatic carbocycles. The summed E-state index contributed by atoms with van der Waals surface area (Å²) in [6.45, 7) is 3.61. The quantitative estimate of drug-likeness (QED) is 0.777. The fourth-order valence-corrected chi connectivity index (χ4v) is 0.878. The summed E-state index contributed by atoms with van der Waals surface area (Å²) < 4.78 is 0. The maximum Gasteiger partial charge on any atom is 0.271 e. The smallest absolute Gasteiger partial charge is 0.271 e. The van der Waals surface area contributed by atoms with E-state index >= 15 is 0 Å². The van der Waals surface area contributed by atoms with Gasteiger partial charge in [0.1, 0.15) is 5.69 Å². The Hall–Kier alpha value is -1.78. The second kappa shape index (κ2) is 5.19. The lowest BCUT2D eigenvalue weighted by Gasteiger charge is -2.05. The van der Waals surface area contributed by atoms with Crippen LogP contribution in [0.5, 0.6) is 0 Å². The summed E-state index contributed by atoms with van der Waals surface area (Å²) in [5, 5.41) is 2.49. The Morgan fingerprint density at radius 3 is 2.67 bits per heavy atom. The lowest BCUT2D eigenvalue weighted by molar-refractivity contribution is -0.120. The van der Waals surface area contributed by atoms with E-state index in [0.29, 0.717) is 0 Å². The van der Waals surface area contributed by atoms with Crippen molar-refractivity contribution in [1.82, 2.24) is 15.3 Å². The lowest BCUT2D eigenvalue weighted by atomic mass is 10.1. The van der Waals surface area contributed by atoms with Crippen molar-refractivity contribution in [2.75, 3.05) is 6.54 Å². The van der Waals surface area contributed by atoms with Crippen LogP contribution in [-0.2, 0) is 4.79 Å². The SMILES string of the molecule is CC(C)C(=O)CNC(=O)c1cnccn1. The van der Waals surface area contributed by atoms with E-state index in [4.69, 9.17) is 0 Å². The van der Waals surface area contributed by atoms with Gasteiger partial charge in [-0.25, -0.2) is 4.98 Å². The van der Waals surface area contributed by atoms with Gasteiger partial charge < -0.3 is 5.32 Å². The van der Waals surface area contributed by atoms with Crippen LogP contribution in [-0.4, -0.2) is 28.2 Å². The molecular formula is C10H13N3O2. The summed E-state index contributed by atoms with van der Waals surface area (Å²) in [4.78, 5) is 30.2. The molecule has 0 aliphatic heterocycles. The molecule has 1 rings (SSSR count). The molecule has 1 aromatic rings. The third kappa shape index (κ3) is 3.46. The molecule has 0 radical (unpaired) electrons. The van der Waals surface area contributed by atoms with Crippen LogP contribution in [0.3, 0.4) is 0 Å². The predicted octanol–water partition coefficient (Wildman–Crippen LogP) is 0.432. The molecule has 1 amide bonds. The van der Waals surface area contributed by atoms with E-state index in [2.05, 4.69) is 15.3 Å². The van der Waals surface area contributed by atoms with Gasteiger partial charge in [0.05, 0.1) is 12.7 Å². The second-order valence-electron chi connectivity index (χ2n) is 3.39. The minimum Gasteiger partial charge on any atom is -0.344 e. The summed E-state index contributed by atoms with van der Waals surface area (Å²) >= 11 is 0. The second-order valence-corrected chi connectivity index (χ2v) is 3.39. The number of carbonyl (C=O) groups excluding carboxylic acids is 2. The number of amides is 1. The van der Waals surface area contributed by atoms with Crippen molar-refractivity contribution in [3.05, 3.63) is 24.3 Å². The van der Waals surface area contributed by atoms with E-state index in [-0.39, 0.29) is 29.8 Å². The van der Waals surface area contributed by atoms with Crippen LogP contribution in [0, 0.1) is 5.92 Å². The molecule has 0 atom stereocenters. The summed E-state index contributed by atoms with van der Waals surface area (Å²) in [7, 11) is 0. The molecule has 0 saturated carbocycles. The van der Waals surface area contributed by atoms with Gasteiger partial charge in [-0.1, -0.05) is 13.8 Å². The Labute approximate surface area is 87.9 Å². The number of nitrogens with zero attached hydrogens (tertiary/aromatic N) is 2. The van der Waals surface area contributed by atoms with Gasteiger partial charge in [-0.3, -0.25) is 14.6 Å². The average Bonchev–Trinajstić information content (AvgIpc) is 2.26. The van der Waals surface area contributed by atoms with E-state index in [0.717, 1.165) is 0 Å². The number of carbonyl (C=O) groups is 2. The number of Topliss-reactive ketones (excluding diaryl/α,β-unsaturated/α-hetero) is 1. The van der Waals surface area contributed by atoms with Crippen molar-refractivity contribution < 1.29 is 9.59 Å². The number of aromatic nitrogens is 2. The van der Waals surface area contributed by atoms with Crippen LogP contribution in [0.1, 0.15) is 24.3 Å². The number of hydrogen-bond donors (Lipinski definition) is 1. The molecule has 80 valence electrons. The summed E-state index contributed by atoms with van der Waals surface area (Å²) in [5.41, 5.74) is 0.217. The molecule has 5 heteroatoms. The highest BCUT2D eigenvalue weighted by molar-refractivity contribution is 5.95. The molecule has 0 unspecified atom stereocenters. The monoisotopic (exact) mass is 207 g/mol. The number of nitrogens with one attached hydrogen (secondary N) is 1. The maximum atomic E-state index is 11.4. The minimum atomic E-state index is -0.378. The number of ketones is 1. The fraction of sp³-hybridized carbons (Fsp3) is 0.400. The Balaban J connectivity index is 2.48. The van der Waals surface area contributed by atoms with Crippen molar-refractivity contribution in [2.45, 2.75) is 13.8 Å². The Bertz CT molecular complexity index is 349. The molecule has 0 aliphatic rings. The fourth-order valence-electron chi connectivity index (χ4n) is 0.878. The van der Waals surface area contributed by atoms with E-state index in [1.807, 2.05) is 0 Å². The van der Waals surface area contributed by atoms with Gasteiger partial charge in [-0.05, 0) is 0 Å². The maximum absolute atomic E-state index is 11.4. The highest BCUT2D eigenvalue weighted by atomic mass is 16.2. The first-order valence-corrected chi connectivity index (χ1v) is 4.68. The van der Waals surface area contributed by atoms with Crippen LogP contribution in [0.15, 0.2) is 18.6 Å². The highest BCUT2D eigenvalue weighted by Crippen LogP contribution is 1.94. The van der Waals surface area contributed by atoms with Gasteiger partial charge in [-0.15, -0.1) is 0 Å². The summed E-state index contributed by atoms with van der Waals surface area (Å²) in [6, 6.07) is 0. The van der Waals surface area contributed by atoms with Gasteiger partial charge in [0.25, 0.3) is 5.91 Å². The lowest BCUT2D eigenvalue weighted by Crippen LogP contribution is -2.32. The van der Waals surface area contributed by atoms with E-state index in [1.54, 1.807) is 13.8 Å². The van der Waals surface area contributed by atoms with Crippen molar-refractivity contribution in [2.24, 2.45) is 5.92 Å². The largest absolute Gasteiger partial charge is 0.344 e. The van der Waals surface area contributed by atoms with Crippen LogP contribution in [0.2, 0.25) is 0 Å². The standard InChI is InChI=1S/C10H13N3O2/c1-7(2)9(14)6-13-10(15)8-5-11-3-4-12-8/h3-5,7H,6H2,1-2H3,(H,13,15). The first-order valence-electron chi connectivity index (χ1n) is 4.68. The molecule has 1 N–H and O–H groups in total. The molecule has 0 saturated heterocycles. The van der Waals surface area contributed by atoms with Gasteiger partial charge in [0, 0.05) is 18.3 Å². The van der Waals surface area contributed by atoms with Crippen LogP contribution < -0.4 is 5.32 Å². The van der Waals surface area contributed by atoms with Crippen LogP contribution >= 0.6 is 0 Å². The molecule has 0 spiro atoms. The van der Waals surface area contributed by atoms with Gasteiger partial charge in [0.2, 0.25) is 0 Å². The van der Waals surface area contributed by atoms with Crippen LogP contribution in [0.4, 0.5) is 0 Å². The van der Waals surface area contributed by atoms with Gasteiger partial charge in [0.15, 0.2) is 5.78 Å². The average molecular weight is 207 g/mol. The van der Waals surface area contributed by atoms with E-state index in [9.17, 15) is 9.59 Å². The topological polar surface area (TPSA) is 72.0 Å². The van der Waals surface area contributed by atoms with Gasteiger partial charge >= 0.3 is 0 Å². The first-order chi connectivity index (χ1) is 7.11. The van der Waals surface area contributed by atoms with E-state index < -0.39 is 0 Å². The van der Waals surface area contributed by atoms with Crippen molar-refractivity contribution in [3.63, 3.8) is 0 Å². The molecule has 15 heavy (non-hydrogen) atoms. The number of hydrogen-bond acceptors (Lipinski definition) is 4. The highest BCUT2D eigenvalue weighted by Gasteiger charge is 2.11.